The lowest BCUT2D eigenvalue weighted by Gasteiger charge is -2.30. The number of rotatable bonds is 7. The first-order chi connectivity index (χ1) is 17.9. The number of para-hydroxylation sites is 1. The van der Waals surface area contributed by atoms with Crippen molar-refractivity contribution in [1.29, 1.82) is 5.26 Å². The average Bonchev–Trinajstić information content (AvgIpc) is 2.89. The van der Waals surface area contributed by atoms with E-state index in [1.807, 2.05) is 61.5 Å². The molecule has 4 rings (SSSR count). The second-order valence-electron chi connectivity index (χ2n) is 8.50. The maximum atomic E-state index is 13.5. The van der Waals surface area contributed by atoms with Gasteiger partial charge in [-0.3, -0.25) is 9.59 Å². The van der Waals surface area contributed by atoms with E-state index >= 15 is 0 Å². The third kappa shape index (κ3) is 6.23. The quantitative estimate of drug-likeness (QED) is 0.332. The Hall–Kier alpha value is -3.99. The zero-order valence-electron chi connectivity index (χ0n) is 20.3. The minimum atomic E-state index is -0.702. The van der Waals surface area contributed by atoms with Crippen LogP contribution in [-0.4, -0.2) is 17.6 Å². The van der Waals surface area contributed by atoms with Gasteiger partial charge in [-0.15, -0.1) is 0 Å². The molecule has 3 aromatic carbocycles. The SMILES string of the molecule is CC1=C(C(=O)Nc2ccccc2)[C@H](c2ccccc2Cl)C(C#N)=C(SCC(=O)Nc2ccc(C)cc2)N1. The van der Waals surface area contributed by atoms with Crippen LogP contribution in [0.1, 0.15) is 24.0 Å². The molecule has 6 nitrogen and oxygen atoms in total. The Morgan fingerprint density at radius 3 is 2.27 bits per heavy atom. The number of amides is 2. The molecule has 2 amide bonds. The number of nitrogens with one attached hydrogen (secondary N) is 3. The molecule has 37 heavy (non-hydrogen) atoms. The normalized spacial score (nSPS) is 15.0. The predicted molar refractivity (Wildman–Crippen MR) is 150 cm³/mol. The number of anilines is 2. The fourth-order valence-corrected chi connectivity index (χ4v) is 5.18. The van der Waals surface area contributed by atoms with Gasteiger partial charge in [0, 0.05) is 27.7 Å². The highest BCUT2D eigenvalue weighted by Crippen LogP contribution is 2.43. The van der Waals surface area contributed by atoms with Crippen LogP contribution in [0.3, 0.4) is 0 Å². The van der Waals surface area contributed by atoms with Gasteiger partial charge in [0.25, 0.3) is 5.91 Å². The van der Waals surface area contributed by atoms with Crippen molar-refractivity contribution in [2.75, 3.05) is 16.4 Å². The summed E-state index contributed by atoms with van der Waals surface area (Å²) in [6.07, 6.45) is 0. The summed E-state index contributed by atoms with van der Waals surface area (Å²) >= 11 is 7.77. The van der Waals surface area contributed by atoms with Crippen LogP contribution in [0.15, 0.2) is 101 Å². The first kappa shape index (κ1) is 26.1. The van der Waals surface area contributed by atoms with Crippen molar-refractivity contribution in [2.45, 2.75) is 19.8 Å². The van der Waals surface area contributed by atoms with Crippen molar-refractivity contribution in [3.63, 3.8) is 0 Å². The summed E-state index contributed by atoms with van der Waals surface area (Å²) in [5.41, 5.74) is 4.38. The van der Waals surface area contributed by atoms with Crippen molar-refractivity contribution < 1.29 is 9.59 Å². The number of thioether (sulfide) groups is 1. The second kappa shape index (κ2) is 11.8. The number of carbonyl (C=O) groups excluding carboxylic acids is 2. The molecular weight excluding hydrogens is 504 g/mol. The smallest absolute Gasteiger partial charge is 0.254 e. The highest BCUT2D eigenvalue weighted by molar-refractivity contribution is 8.03. The summed E-state index contributed by atoms with van der Waals surface area (Å²) in [5.74, 6) is -1.17. The number of carbonyl (C=O) groups is 2. The van der Waals surface area contributed by atoms with Crippen LogP contribution >= 0.6 is 23.4 Å². The number of benzene rings is 3. The van der Waals surface area contributed by atoms with Crippen LogP contribution in [0.25, 0.3) is 0 Å². The highest BCUT2D eigenvalue weighted by Gasteiger charge is 2.35. The van der Waals surface area contributed by atoms with E-state index in [0.29, 0.717) is 43.8 Å². The molecule has 3 aromatic rings. The van der Waals surface area contributed by atoms with Crippen LogP contribution in [0, 0.1) is 18.3 Å². The van der Waals surface area contributed by atoms with E-state index in [9.17, 15) is 14.9 Å². The van der Waals surface area contributed by atoms with E-state index in [0.717, 1.165) is 5.56 Å². The summed E-state index contributed by atoms with van der Waals surface area (Å²) in [4.78, 5) is 26.1. The van der Waals surface area contributed by atoms with Crippen LogP contribution in [0.4, 0.5) is 11.4 Å². The van der Waals surface area contributed by atoms with Crippen molar-refractivity contribution in [3.05, 3.63) is 117 Å². The topological polar surface area (TPSA) is 94.0 Å². The summed E-state index contributed by atoms with van der Waals surface area (Å²) in [7, 11) is 0. The molecule has 1 aliphatic heterocycles. The molecule has 0 saturated carbocycles. The first-order valence-corrected chi connectivity index (χ1v) is 13.0. The summed E-state index contributed by atoms with van der Waals surface area (Å²) in [6.45, 7) is 3.76. The molecule has 8 heteroatoms. The van der Waals surface area contributed by atoms with E-state index in [1.165, 1.54) is 11.8 Å². The minimum absolute atomic E-state index is 0.0788. The lowest BCUT2D eigenvalue weighted by Crippen LogP contribution is -2.31. The van der Waals surface area contributed by atoms with Crippen molar-refractivity contribution in [1.82, 2.24) is 5.32 Å². The van der Waals surface area contributed by atoms with Crippen molar-refractivity contribution in [3.8, 4) is 6.07 Å². The molecule has 0 bridgehead atoms. The van der Waals surface area contributed by atoms with E-state index in [4.69, 9.17) is 11.6 Å². The Bertz CT molecular complexity index is 1430. The Labute approximate surface area is 225 Å². The van der Waals surface area contributed by atoms with Crippen LogP contribution in [0.2, 0.25) is 5.02 Å². The fourth-order valence-electron chi connectivity index (χ4n) is 4.04. The summed E-state index contributed by atoms with van der Waals surface area (Å²) in [6, 6.07) is 26.1. The molecule has 186 valence electrons. The Balaban J connectivity index is 1.63. The average molecular weight is 529 g/mol. The number of halogens is 1. The van der Waals surface area contributed by atoms with Gasteiger partial charge in [0.05, 0.1) is 28.3 Å². The molecule has 0 radical (unpaired) electrons. The van der Waals surface area contributed by atoms with E-state index < -0.39 is 5.92 Å². The number of hydrogen-bond donors (Lipinski definition) is 3. The molecule has 1 atom stereocenters. The van der Waals surface area contributed by atoms with E-state index in [-0.39, 0.29) is 17.6 Å². The molecule has 3 N–H and O–H groups in total. The molecule has 0 aliphatic carbocycles. The molecule has 0 aromatic heterocycles. The lowest BCUT2D eigenvalue weighted by molar-refractivity contribution is -0.114. The van der Waals surface area contributed by atoms with Gasteiger partial charge >= 0.3 is 0 Å². The zero-order chi connectivity index (χ0) is 26.4. The largest absolute Gasteiger partial charge is 0.353 e. The van der Waals surface area contributed by atoms with Crippen LogP contribution in [0.5, 0.6) is 0 Å². The fraction of sp³-hybridized carbons (Fsp3) is 0.138. The maximum absolute atomic E-state index is 13.5. The predicted octanol–water partition coefficient (Wildman–Crippen LogP) is 6.36. The van der Waals surface area contributed by atoms with E-state index in [2.05, 4.69) is 22.0 Å². The molecule has 0 fully saturated rings. The molecule has 0 unspecified atom stereocenters. The standard InChI is InChI=1S/C29H25ClN4O2S/c1-18-12-14-21(15-13-18)33-25(35)17-37-29-23(16-31)27(22-10-6-7-11-24(22)30)26(19(2)32-29)28(36)34-20-8-4-3-5-9-20/h3-15,27,32H,17H2,1-2H3,(H,33,35)(H,34,36)/t27-/m1/s1. The van der Waals surface area contributed by atoms with Gasteiger partial charge in [-0.2, -0.15) is 5.26 Å². The number of nitrogens with zero attached hydrogens (tertiary/aromatic N) is 1. The molecule has 0 spiro atoms. The van der Waals surface area contributed by atoms with Gasteiger partial charge in [0.1, 0.15) is 0 Å². The van der Waals surface area contributed by atoms with Crippen LogP contribution in [-0.2, 0) is 9.59 Å². The monoisotopic (exact) mass is 528 g/mol. The molecule has 0 saturated heterocycles. The Morgan fingerprint density at radius 2 is 1.59 bits per heavy atom. The Morgan fingerprint density at radius 1 is 0.946 bits per heavy atom. The van der Waals surface area contributed by atoms with Gasteiger partial charge < -0.3 is 16.0 Å². The summed E-state index contributed by atoms with van der Waals surface area (Å²) in [5, 5.41) is 20.2. The van der Waals surface area contributed by atoms with Gasteiger partial charge in [0.2, 0.25) is 5.91 Å². The van der Waals surface area contributed by atoms with Gasteiger partial charge in [-0.05, 0) is 49.7 Å². The second-order valence-corrected chi connectivity index (χ2v) is 9.89. The number of allylic oxidation sites excluding steroid dienone is 2. The van der Waals surface area contributed by atoms with Crippen LogP contribution < -0.4 is 16.0 Å². The van der Waals surface area contributed by atoms with Gasteiger partial charge in [-0.25, -0.2) is 0 Å². The first-order valence-electron chi connectivity index (χ1n) is 11.6. The lowest BCUT2D eigenvalue weighted by atomic mass is 9.82. The van der Waals surface area contributed by atoms with Crippen molar-refractivity contribution >= 4 is 46.6 Å². The zero-order valence-corrected chi connectivity index (χ0v) is 21.9. The number of nitriles is 1. The van der Waals surface area contributed by atoms with E-state index in [1.54, 1.807) is 31.2 Å². The molecular formula is C29H25ClN4O2S. The Kier molecular flexibility index (Phi) is 8.34. The minimum Gasteiger partial charge on any atom is -0.353 e. The molecule has 1 heterocycles. The van der Waals surface area contributed by atoms with Crippen molar-refractivity contribution in [2.24, 2.45) is 0 Å². The highest BCUT2D eigenvalue weighted by atomic mass is 35.5. The molecule has 1 aliphatic rings. The van der Waals surface area contributed by atoms with Gasteiger partial charge in [-0.1, -0.05) is 77.5 Å². The van der Waals surface area contributed by atoms with Gasteiger partial charge in [0.15, 0.2) is 0 Å². The third-order valence-corrected chi connectivity index (χ3v) is 7.18. The number of dihydropyridines is 1. The number of aryl methyl sites for hydroxylation is 1. The third-order valence-electron chi connectivity index (χ3n) is 5.82. The number of hydrogen-bond acceptors (Lipinski definition) is 5. The maximum Gasteiger partial charge on any atom is 0.254 e. The summed E-state index contributed by atoms with van der Waals surface area (Å²) < 4.78 is 0.